The van der Waals surface area contributed by atoms with E-state index < -0.39 is 34.6 Å². The number of aldehydes is 1. The highest BCUT2D eigenvalue weighted by atomic mass is 16.5. The maximum atomic E-state index is 12.0. The van der Waals surface area contributed by atoms with Crippen LogP contribution < -0.4 is 4.74 Å². The van der Waals surface area contributed by atoms with Crippen molar-refractivity contribution >= 4 is 12.3 Å². The molecular formula is C23H30O7. The number of aliphatic hydroxyl groups excluding tert-OH is 2. The predicted octanol–water partition coefficient (Wildman–Crippen LogP) is 2.78. The number of fused-ring (bicyclic) bond motifs is 3. The first-order valence-electron chi connectivity index (χ1n) is 10.5. The van der Waals surface area contributed by atoms with Crippen LogP contribution in [-0.2, 0) is 6.42 Å². The van der Waals surface area contributed by atoms with E-state index in [1.807, 2.05) is 20.8 Å². The fraction of sp³-hybridized carbons (Fsp3) is 0.652. The van der Waals surface area contributed by atoms with Gasteiger partial charge in [-0.05, 0) is 42.6 Å². The van der Waals surface area contributed by atoms with E-state index in [0.717, 1.165) is 12.8 Å². The summed E-state index contributed by atoms with van der Waals surface area (Å²) in [5.41, 5.74) is -1.97. The van der Waals surface area contributed by atoms with Gasteiger partial charge in [-0.3, -0.25) is 4.79 Å². The number of carboxylic acids is 1. The van der Waals surface area contributed by atoms with Gasteiger partial charge in [0.1, 0.15) is 22.7 Å². The Kier molecular flexibility index (Phi) is 4.53. The molecule has 1 aliphatic heterocycles. The quantitative estimate of drug-likeness (QED) is 0.544. The van der Waals surface area contributed by atoms with Crippen LogP contribution in [0.25, 0.3) is 0 Å². The van der Waals surface area contributed by atoms with Crippen molar-refractivity contribution in [2.24, 2.45) is 22.7 Å². The van der Waals surface area contributed by atoms with Gasteiger partial charge in [0, 0.05) is 23.0 Å². The molecular weight excluding hydrogens is 388 g/mol. The van der Waals surface area contributed by atoms with Crippen LogP contribution in [0.4, 0.5) is 0 Å². The summed E-state index contributed by atoms with van der Waals surface area (Å²) in [5, 5.41) is 41.8. The lowest BCUT2D eigenvalue weighted by molar-refractivity contribution is -0.240. The summed E-state index contributed by atoms with van der Waals surface area (Å²) in [4.78, 5) is 23.5. The van der Waals surface area contributed by atoms with Gasteiger partial charge in [-0.25, -0.2) is 4.79 Å². The lowest BCUT2D eigenvalue weighted by atomic mass is 9.43. The average molecular weight is 418 g/mol. The highest BCUT2D eigenvalue weighted by Crippen LogP contribution is 2.66. The zero-order valence-electron chi connectivity index (χ0n) is 17.8. The minimum Gasteiger partial charge on any atom is -0.508 e. The summed E-state index contributed by atoms with van der Waals surface area (Å²) in [6.07, 6.45) is 0.877. The number of aromatic hydroxyl groups is 1. The predicted molar refractivity (Wildman–Crippen MR) is 108 cm³/mol. The molecule has 30 heavy (non-hydrogen) atoms. The largest absolute Gasteiger partial charge is 0.508 e. The van der Waals surface area contributed by atoms with Gasteiger partial charge in [-0.15, -0.1) is 0 Å². The Bertz CT molecular complexity index is 923. The van der Waals surface area contributed by atoms with E-state index in [9.17, 15) is 30.0 Å². The molecule has 1 unspecified atom stereocenters. The number of aliphatic hydroxyl groups is 2. The monoisotopic (exact) mass is 418 g/mol. The molecule has 1 spiro atoms. The van der Waals surface area contributed by atoms with Crippen molar-refractivity contribution in [1.29, 1.82) is 0 Å². The van der Waals surface area contributed by atoms with E-state index in [0.29, 0.717) is 24.7 Å². The van der Waals surface area contributed by atoms with Gasteiger partial charge < -0.3 is 25.2 Å². The molecule has 0 aromatic heterocycles. The molecule has 7 heteroatoms. The molecule has 0 radical (unpaired) electrons. The second-order valence-electron chi connectivity index (χ2n) is 10.2. The summed E-state index contributed by atoms with van der Waals surface area (Å²) >= 11 is 0. The molecule has 2 aliphatic carbocycles. The lowest BCUT2D eigenvalue weighted by Crippen LogP contribution is -2.69. The fourth-order valence-electron chi connectivity index (χ4n) is 6.96. The average Bonchev–Trinajstić information content (AvgIpc) is 3.07. The van der Waals surface area contributed by atoms with Crippen molar-refractivity contribution in [2.45, 2.75) is 71.2 Å². The standard InChI is InChI=1S/C23H30O7/c1-11-5-6-16-21(2,3)19(27)15(26)9-22(16,4)23(11)8-13-14(25)7-12(10-24)17(20(28)29)18(13)30-23/h7,10-11,15-16,19,25-27H,5-6,8-9H2,1-4H3,(H,28,29)/t11-,15-,16?,19-,22+,23-/m1/s1. The van der Waals surface area contributed by atoms with E-state index >= 15 is 0 Å². The second kappa shape index (κ2) is 6.44. The summed E-state index contributed by atoms with van der Waals surface area (Å²) in [7, 11) is 0. The van der Waals surface area contributed by atoms with Gasteiger partial charge in [0.2, 0.25) is 0 Å². The maximum Gasteiger partial charge on any atom is 0.340 e. The first kappa shape index (κ1) is 21.1. The zero-order chi connectivity index (χ0) is 22.2. The molecule has 0 amide bonds. The SMILES string of the molecule is C[C@@H]1CCC2C(C)(C)[C@H](O)[C@H](O)C[C@]2(C)[C@@]12Cc1c(O)cc(C=O)c(C(=O)O)c1O2. The molecule has 1 heterocycles. The van der Waals surface area contributed by atoms with E-state index in [4.69, 9.17) is 4.74 Å². The van der Waals surface area contributed by atoms with Crippen LogP contribution >= 0.6 is 0 Å². The number of ether oxygens (including phenoxy) is 1. The summed E-state index contributed by atoms with van der Waals surface area (Å²) in [6, 6.07) is 1.19. The first-order chi connectivity index (χ1) is 13.9. The Morgan fingerprint density at radius 3 is 2.50 bits per heavy atom. The van der Waals surface area contributed by atoms with Crippen molar-refractivity contribution < 1.29 is 34.8 Å². The molecule has 2 saturated carbocycles. The Hall–Kier alpha value is -2.12. The number of aromatic carboxylic acids is 1. The molecule has 6 atom stereocenters. The molecule has 4 rings (SSSR count). The highest BCUT2D eigenvalue weighted by Gasteiger charge is 2.68. The first-order valence-corrected chi connectivity index (χ1v) is 10.5. The second-order valence-corrected chi connectivity index (χ2v) is 10.2. The molecule has 1 aromatic carbocycles. The number of carbonyl (C=O) groups is 2. The third-order valence-corrected chi connectivity index (χ3v) is 8.53. The van der Waals surface area contributed by atoms with Gasteiger partial charge >= 0.3 is 5.97 Å². The Balaban J connectivity index is 1.91. The Labute approximate surface area is 175 Å². The molecule has 0 bridgehead atoms. The minimum absolute atomic E-state index is 0.0186. The number of rotatable bonds is 2. The van der Waals surface area contributed by atoms with Crippen LogP contribution in [0, 0.1) is 22.7 Å². The van der Waals surface area contributed by atoms with Crippen LogP contribution in [-0.4, -0.2) is 50.5 Å². The highest BCUT2D eigenvalue weighted by molar-refractivity contribution is 6.01. The normalized spacial score (nSPS) is 39.1. The van der Waals surface area contributed by atoms with Crippen LogP contribution in [0.2, 0.25) is 0 Å². The van der Waals surface area contributed by atoms with Crippen molar-refractivity contribution in [3.05, 3.63) is 22.8 Å². The Morgan fingerprint density at radius 1 is 1.23 bits per heavy atom. The third-order valence-electron chi connectivity index (χ3n) is 8.53. The zero-order valence-corrected chi connectivity index (χ0v) is 17.8. The topological polar surface area (TPSA) is 124 Å². The number of phenols is 1. The van der Waals surface area contributed by atoms with Gasteiger partial charge in [-0.1, -0.05) is 27.7 Å². The molecule has 7 nitrogen and oxygen atoms in total. The maximum absolute atomic E-state index is 12.0. The number of carbonyl (C=O) groups excluding carboxylic acids is 1. The minimum atomic E-state index is -1.28. The number of benzene rings is 1. The fourth-order valence-corrected chi connectivity index (χ4v) is 6.96. The van der Waals surface area contributed by atoms with Crippen LogP contribution in [0.1, 0.15) is 73.2 Å². The number of phenolic OH excluding ortho intramolecular Hbond substituents is 1. The van der Waals surface area contributed by atoms with Crippen LogP contribution in [0.5, 0.6) is 11.5 Å². The van der Waals surface area contributed by atoms with Gasteiger partial charge in [0.15, 0.2) is 6.29 Å². The van der Waals surface area contributed by atoms with E-state index in [-0.39, 0.29) is 34.5 Å². The van der Waals surface area contributed by atoms with E-state index in [1.54, 1.807) is 0 Å². The van der Waals surface area contributed by atoms with Crippen molar-refractivity contribution in [3.63, 3.8) is 0 Å². The van der Waals surface area contributed by atoms with Crippen molar-refractivity contribution in [2.75, 3.05) is 0 Å². The lowest BCUT2D eigenvalue weighted by Gasteiger charge is -2.64. The van der Waals surface area contributed by atoms with Gasteiger partial charge in [0.25, 0.3) is 0 Å². The Morgan fingerprint density at radius 2 is 1.90 bits per heavy atom. The molecule has 4 N–H and O–H groups in total. The molecule has 0 saturated heterocycles. The van der Waals surface area contributed by atoms with Crippen molar-refractivity contribution in [3.8, 4) is 11.5 Å². The van der Waals surface area contributed by atoms with Gasteiger partial charge in [0.05, 0.1) is 12.2 Å². The summed E-state index contributed by atoms with van der Waals surface area (Å²) < 4.78 is 6.52. The van der Waals surface area contributed by atoms with E-state index in [2.05, 4.69) is 6.92 Å². The van der Waals surface area contributed by atoms with Crippen LogP contribution in [0.15, 0.2) is 6.07 Å². The van der Waals surface area contributed by atoms with Crippen LogP contribution in [0.3, 0.4) is 0 Å². The molecule has 2 fully saturated rings. The summed E-state index contributed by atoms with van der Waals surface area (Å²) in [6.45, 7) is 8.02. The molecule has 164 valence electrons. The molecule has 3 aliphatic rings. The number of carboxylic acid groups (broad SMARTS) is 1. The smallest absolute Gasteiger partial charge is 0.340 e. The number of hydrogen-bond acceptors (Lipinski definition) is 6. The van der Waals surface area contributed by atoms with E-state index in [1.165, 1.54) is 6.07 Å². The van der Waals surface area contributed by atoms with Crippen molar-refractivity contribution in [1.82, 2.24) is 0 Å². The summed E-state index contributed by atoms with van der Waals surface area (Å²) in [5.74, 6) is -1.34. The van der Waals surface area contributed by atoms with Gasteiger partial charge in [-0.2, -0.15) is 0 Å². The number of hydrogen-bond donors (Lipinski definition) is 4. The molecule has 1 aromatic rings. The third kappa shape index (κ3) is 2.45.